The number of rotatable bonds is 7. The topological polar surface area (TPSA) is 72.7 Å². The summed E-state index contributed by atoms with van der Waals surface area (Å²) in [6.45, 7) is 6.27. The van der Waals surface area contributed by atoms with Crippen LogP contribution in [-0.2, 0) is 15.9 Å². The van der Waals surface area contributed by atoms with Gasteiger partial charge in [-0.15, -0.1) is 0 Å². The average molecular weight is 284 g/mol. The second kappa shape index (κ2) is 7.68. The minimum atomic E-state index is -0.0864. The van der Waals surface area contributed by atoms with E-state index >= 15 is 0 Å². The Bertz CT molecular complexity index is 399. The molecule has 0 aromatic carbocycles. The molecule has 2 heterocycles. The first-order valence-electron chi connectivity index (χ1n) is 7.09. The third-order valence-corrected chi connectivity index (χ3v) is 3.57. The quantitative estimate of drug-likeness (QED) is 0.769. The van der Waals surface area contributed by atoms with Gasteiger partial charge in [-0.05, 0) is 13.6 Å². The Morgan fingerprint density at radius 1 is 1.55 bits per heavy atom. The summed E-state index contributed by atoms with van der Waals surface area (Å²) in [5, 5.41) is 7.21. The Morgan fingerprint density at radius 3 is 3.10 bits per heavy atom. The molecule has 0 bridgehead atoms. The molecule has 0 amide bonds. The van der Waals surface area contributed by atoms with Gasteiger partial charge in [0.2, 0.25) is 11.7 Å². The number of ether oxygens (including phenoxy) is 2. The number of nitrogens with zero attached hydrogens (tertiary/aromatic N) is 3. The summed E-state index contributed by atoms with van der Waals surface area (Å²) in [4.78, 5) is 6.77. The number of methoxy groups -OCH3 is 1. The van der Waals surface area contributed by atoms with Gasteiger partial charge in [-0.1, -0.05) is 12.1 Å². The Labute approximate surface area is 119 Å². The van der Waals surface area contributed by atoms with Crippen molar-refractivity contribution in [2.45, 2.75) is 25.5 Å². The molecular weight excluding hydrogens is 260 g/mol. The minimum absolute atomic E-state index is 0.0864. The first kappa shape index (κ1) is 15.4. The summed E-state index contributed by atoms with van der Waals surface area (Å²) in [7, 11) is 3.57. The van der Waals surface area contributed by atoms with Crippen LogP contribution in [0.15, 0.2) is 4.52 Å². The maximum absolute atomic E-state index is 5.72. The van der Waals surface area contributed by atoms with Crippen molar-refractivity contribution >= 4 is 0 Å². The van der Waals surface area contributed by atoms with Crippen LogP contribution in [0, 0.1) is 0 Å². The van der Waals surface area contributed by atoms with E-state index in [1.54, 1.807) is 7.11 Å². The molecule has 1 aliphatic heterocycles. The van der Waals surface area contributed by atoms with Gasteiger partial charge in [0.05, 0.1) is 13.2 Å². The maximum atomic E-state index is 5.72. The van der Waals surface area contributed by atoms with E-state index in [2.05, 4.69) is 27.3 Å². The SMILES string of the molecule is CCN1CCOC(c2noc(CC(COC)NC)n2)C1. The van der Waals surface area contributed by atoms with Crippen molar-refractivity contribution in [2.24, 2.45) is 0 Å². The van der Waals surface area contributed by atoms with E-state index in [4.69, 9.17) is 14.0 Å². The zero-order valence-corrected chi connectivity index (χ0v) is 12.5. The lowest BCUT2D eigenvalue weighted by Crippen LogP contribution is -2.38. The van der Waals surface area contributed by atoms with Crippen LogP contribution in [0.1, 0.15) is 24.7 Å². The fourth-order valence-corrected chi connectivity index (χ4v) is 2.28. The Balaban J connectivity index is 1.94. The summed E-state index contributed by atoms with van der Waals surface area (Å²) in [6.07, 6.45) is 0.568. The van der Waals surface area contributed by atoms with Crippen LogP contribution in [0.4, 0.5) is 0 Å². The number of aromatic nitrogens is 2. The standard InChI is InChI=1S/C13H24N4O3/c1-4-17-5-6-19-11(8-17)13-15-12(20-16-13)7-10(14-2)9-18-3/h10-11,14H,4-9H2,1-3H3. The summed E-state index contributed by atoms with van der Waals surface area (Å²) < 4.78 is 16.2. The molecule has 1 saturated heterocycles. The molecular formula is C13H24N4O3. The van der Waals surface area contributed by atoms with E-state index in [0.717, 1.165) is 19.6 Å². The van der Waals surface area contributed by atoms with Crippen molar-refractivity contribution in [3.05, 3.63) is 11.7 Å². The van der Waals surface area contributed by atoms with Crippen LogP contribution in [0.2, 0.25) is 0 Å². The lowest BCUT2D eigenvalue weighted by Gasteiger charge is -2.30. The molecule has 1 aromatic rings. The van der Waals surface area contributed by atoms with Crippen molar-refractivity contribution in [2.75, 3.05) is 47.0 Å². The van der Waals surface area contributed by atoms with Crippen molar-refractivity contribution in [1.82, 2.24) is 20.4 Å². The Hall–Kier alpha value is -1.02. The Kier molecular flexibility index (Phi) is 5.90. The van der Waals surface area contributed by atoms with Crippen molar-refractivity contribution < 1.29 is 14.0 Å². The third kappa shape index (κ3) is 3.99. The molecule has 1 aliphatic rings. The lowest BCUT2D eigenvalue weighted by atomic mass is 10.2. The van der Waals surface area contributed by atoms with Crippen LogP contribution < -0.4 is 5.32 Å². The fraction of sp³-hybridized carbons (Fsp3) is 0.846. The van der Waals surface area contributed by atoms with Crippen LogP contribution in [0.5, 0.6) is 0 Å². The van der Waals surface area contributed by atoms with Crippen molar-refractivity contribution in [1.29, 1.82) is 0 Å². The highest BCUT2D eigenvalue weighted by Gasteiger charge is 2.25. The van der Waals surface area contributed by atoms with Crippen LogP contribution >= 0.6 is 0 Å². The van der Waals surface area contributed by atoms with Gasteiger partial charge in [-0.2, -0.15) is 4.98 Å². The van der Waals surface area contributed by atoms with E-state index in [9.17, 15) is 0 Å². The number of likely N-dealkylation sites (N-methyl/N-ethyl adjacent to an activating group) is 2. The third-order valence-electron chi connectivity index (χ3n) is 3.57. The van der Waals surface area contributed by atoms with E-state index in [1.165, 1.54) is 0 Å². The highest BCUT2D eigenvalue weighted by atomic mass is 16.5. The van der Waals surface area contributed by atoms with Crippen molar-refractivity contribution in [3.63, 3.8) is 0 Å². The van der Waals surface area contributed by atoms with E-state index in [-0.39, 0.29) is 12.1 Å². The summed E-state index contributed by atoms with van der Waals surface area (Å²) >= 11 is 0. The first-order chi connectivity index (χ1) is 9.76. The number of morpholine rings is 1. The monoisotopic (exact) mass is 284 g/mol. The number of nitrogens with one attached hydrogen (secondary N) is 1. The molecule has 0 saturated carbocycles. The predicted molar refractivity (Wildman–Crippen MR) is 73.5 cm³/mol. The predicted octanol–water partition coefficient (Wildman–Crippen LogP) is 0.240. The molecule has 1 N–H and O–H groups in total. The molecule has 0 aliphatic carbocycles. The van der Waals surface area contributed by atoms with Gasteiger partial charge >= 0.3 is 0 Å². The molecule has 114 valence electrons. The smallest absolute Gasteiger partial charge is 0.228 e. The summed E-state index contributed by atoms with van der Waals surface area (Å²) in [5.41, 5.74) is 0. The molecule has 1 aromatic heterocycles. The average Bonchev–Trinajstić information content (AvgIpc) is 2.95. The van der Waals surface area contributed by atoms with Gasteiger partial charge in [0.15, 0.2) is 0 Å². The minimum Gasteiger partial charge on any atom is -0.383 e. The van der Waals surface area contributed by atoms with Gasteiger partial charge < -0.3 is 19.3 Å². The van der Waals surface area contributed by atoms with E-state index in [0.29, 0.717) is 31.3 Å². The molecule has 7 nitrogen and oxygen atoms in total. The molecule has 7 heteroatoms. The summed E-state index contributed by atoms with van der Waals surface area (Å²) in [6, 6.07) is 0.174. The maximum Gasteiger partial charge on any atom is 0.228 e. The van der Waals surface area contributed by atoms with E-state index in [1.807, 2.05) is 7.05 Å². The van der Waals surface area contributed by atoms with Gasteiger partial charge in [-0.3, -0.25) is 4.90 Å². The molecule has 2 atom stereocenters. The second-order valence-electron chi connectivity index (χ2n) is 4.94. The molecule has 0 radical (unpaired) electrons. The zero-order valence-electron chi connectivity index (χ0n) is 12.5. The fourth-order valence-electron chi connectivity index (χ4n) is 2.28. The molecule has 20 heavy (non-hydrogen) atoms. The molecule has 0 spiro atoms. The zero-order chi connectivity index (χ0) is 14.4. The highest BCUT2D eigenvalue weighted by molar-refractivity contribution is 4.95. The number of hydrogen-bond donors (Lipinski definition) is 1. The second-order valence-corrected chi connectivity index (χ2v) is 4.94. The molecule has 1 fully saturated rings. The van der Waals surface area contributed by atoms with Crippen molar-refractivity contribution in [3.8, 4) is 0 Å². The molecule has 2 unspecified atom stereocenters. The van der Waals surface area contributed by atoms with E-state index < -0.39 is 0 Å². The van der Waals surface area contributed by atoms with Crippen LogP contribution in [0.25, 0.3) is 0 Å². The van der Waals surface area contributed by atoms with Crippen LogP contribution in [0.3, 0.4) is 0 Å². The largest absolute Gasteiger partial charge is 0.383 e. The normalized spacial score (nSPS) is 22.1. The highest BCUT2D eigenvalue weighted by Crippen LogP contribution is 2.19. The lowest BCUT2D eigenvalue weighted by molar-refractivity contribution is -0.0334. The molecule has 2 rings (SSSR count). The summed E-state index contributed by atoms with van der Waals surface area (Å²) in [5.74, 6) is 1.26. The first-order valence-corrected chi connectivity index (χ1v) is 7.09. The van der Waals surface area contributed by atoms with Gasteiger partial charge in [-0.25, -0.2) is 0 Å². The van der Waals surface area contributed by atoms with Crippen LogP contribution in [-0.4, -0.2) is 68.1 Å². The number of hydrogen-bond acceptors (Lipinski definition) is 7. The Morgan fingerprint density at radius 2 is 2.40 bits per heavy atom. The van der Waals surface area contributed by atoms with Gasteiger partial charge in [0, 0.05) is 32.7 Å². The van der Waals surface area contributed by atoms with Gasteiger partial charge in [0.1, 0.15) is 6.10 Å². The van der Waals surface area contributed by atoms with Gasteiger partial charge in [0.25, 0.3) is 0 Å².